The summed E-state index contributed by atoms with van der Waals surface area (Å²) in [6.07, 6.45) is 0. The van der Waals surface area contributed by atoms with E-state index in [9.17, 15) is 13.2 Å². The number of carbonyl (C=O) groups excluding carboxylic acids is 1. The van der Waals surface area contributed by atoms with Gasteiger partial charge >= 0.3 is 0 Å². The second-order valence-corrected chi connectivity index (χ2v) is 7.76. The van der Waals surface area contributed by atoms with Crippen LogP contribution < -0.4 is 0 Å². The first kappa shape index (κ1) is 16.7. The Morgan fingerprint density at radius 2 is 1.46 bits per heavy atom. The van der Waals surface area contributed by atoms with E-state index in [4.69, 9.17) is 0 Å². The standard InChI is InChI=1S/C18H20N2O3S/c1-15-7-5-6-10-17(15)18(21)19-11-13-20(14-12-19)24(22,23)16-8-3-2-4-9-16/h2-10H,11-14H2,1H3. The first-order valence-corrected chi connectivity index (χ1v) is 9.34. The molecule has 6 heteroatoms. The summed E-state index contributed by atoms with van der Waals surface area (Å²) in [5.41, 5.74) is 1.61. The third-order valence-electron chi connectivity index (χ3n) is 4.28. The van der Waals surface area contributed by atoms with Gasteiger partial charge in [0.15, 0.2) is 0 Å². The fourth-order valence-electron chi connectivity index (χ4n) is 2.86. The zero-order valence-electron chi connectivity index (χ0n) is 13.6. The SMILES string of the molecule is Cc1ccccc1C(=O)N1CCN(S(=O)(=O)c2ccccc2)CC1. The van der Waals surface area contributed by atoms with Crippen LogP contribution in [0.4, 0.5) is 0 Å². The molecule has 0 aliphatic carbocycles. The van der Waals surface area contributed by atoms with Gasteiger partial charge in [0.2, 0.25) is 10.0 Å². The number of sulfonamides is 1. The van der Waals surface area contributed by atoms with E-state index in [-0.39, 0.29) is 5.91 Å². The topological polar surface area (TPSA) is 57.7 Å². The minimum absolute atomic E-state index is 0.0372. The van der Waals surface area contributed by atoms with E-state index >= 15 is 0 Å². The fourth-order valence-corrected chi connectivity index (χ4v) is 4.30. The molecular formula is C18H20N2O3S. The van der Waals surface area contributed by atoms with Gasteiger partial charge in [0.25, 0.3) is 5.91 Å². The molecular weight excluding hydrogens is 324 g/mol. The molecule has 1 saturated heterocycles. The van der Waals surface area contributed by atoms with Crippen LogP contribution in [0.15, 0.2) is 59.5 Å². The summed E-state index contributed by atoms with van der Waals surface area (Å²) in [7, 11) is -3.49. The highest BCUT2D eigenvalue weighted by molar-refractivity contribution is 7.89. The highest BCUT2D eigenvalue weighted by atomic mass is 32.2. The first-order chi connectivity index (χ1) is 11.5. The van der Waals surface area contributed by atoms with Crippen LogP contribution in [0.1, 0.15) is 15.9 Å². The van der Waals surface area contributed by atoms with E-state index in [1.54, 1.807) is 35.2 Å². The van der Waals surface area contributed by atoms with Gasteiger partial charge in [-0.25, -0.2) is 8.42 Å². The highest BCUT2D eigenvalue weighted by Gasteiger charge is 2.30. The van der Waals surface area contributed by atoms with Gasteiger partial charge in [-0.2, -0.15) is 4.31 Å². The van der Waals surface area contributed by atoms with Gasteiger partial charge in [-0.05, 0) is 30.7 Å². The van der Waals surface area contributed by atoms with Crippen LogP contribution in [-0.2, 0) is 10.0 Å². The quantitative estimate of drug-likeness (QED) is 0.857. The van der Waals surface area contributed by atoms with E-state index in [2.05, 4.69) is 0 Å². The Kier molecular flexibility index (Phi) is 4.69. The lowest BCUT2D eigenvalue weighted by molar-refractivity contribution is 0.0697. The summed E-state index contributed by atoms with van der Waals surface area (Å²) in [6, 6.07) is 15.9. The molecule has 1 amide bonds. The molecule has 1 aliphatic heterocycles. The molecule has 0 spiro atoms. The van der Waals surface area contributed by atoms with Crippen LogP contribution >= 0.6 is 0 Å². The third-order valence-corrected chi connectivity index (χ3v) is 6.20. The fraction of sp³-hybridized carbons (Fsp3) is 0.278. The van der Waals surface area contributed by atoms with Crippen LogP contribution in [0, 0.1) is 6.92 Å². The molecule has 0 N–H and O–H groups in total. The maximum atomic E-state index is 12.6. The van der Waals surface area contributed by atoms with Gasteiger partial charge in [-0.1, -0.05) is 36.4 Å². The largest absolute Gasteiger partial charge is 0.336 e. The number of amides is 1. The Hall–Kier alpha value is -2.18. The molecule has 1 aliphatic rings. The molecule has 0 saturated carbocycles. The summed E-state index contributed by atoms with van der Waals surface area (Å²) in [4.78, 5) is 14.6. The van der Waals surface area contributed by atoms with Crippen LogP contribution in [0.25, 0.3) is 0 Å². The summed E-state index contributed by atoms with van der Waals surface area (Å²) in [5.74, 6) is -0.0372. The summed E-state index contributed by atoms with van der Waals surface area (Å²) in [5, 5.41) is 0. The average molecular weight is 344 g/mol. The average Bonchev–Trinajstić information content (AvgIpc) is 2.62. The lowest BCUT2D eigenvalue weighted by atomic mass is 10.1. The van der Waals surface area contributed by atoms with Gasteiger partial charge < -0.3 is 4.90 Å². The molecule has 0 unspecified atom stereocenters. The number of aryl methyl sites for hydroxylation is 1. The number of hydrogen-bond donors (Lipinski definition) is 0. The van der Waals surface area contributed by atoms with Crippen molar-refractivity contribution < 1.29 is 13.2 Å². The zero-order chi connectivity index (χ0) is 17.2. The first-order valence-electron chi connectivity index (χ1n) is 7.90. The molecule has 2 aromatic rings. The predicted octanol–water partition coefficient (Wildman–Crippen LogP) is 2.14. The molecule has 0 atom stereocenters. The van der Waals surface area contributed by atoms with E-state index in [1.165, 1.54) is 4.31 Å². The normalized spacial score (nSPS) is 16.1. The van der Waals surface area contributed by atoms with Crippen LogP contribution in [0.3, 0.4) is 0 Å². The van der Waals surface area contributed by atoms with Crippen molar-refractivity contribution in [3.8, 4) is 0 Å². The molecule has 1 heterocycles. The monoisotopic (exact) mass is 344 g/mol. The van der Waals surface area contributed by atoms with Crippen molar-refractivity contribution in [2.75, 3.05) is 26.2 Å². The van der Waals surface area contributed by atoms with E-state index < -0.39 is 10.0 Å². The smallest absolute Gasteiger partial charge is 0.254 e. The molecule has 1 fully saturated rings. The molecule has 2 aromatic carbocycles. The number of carbonyl (C=O) groups is 1. The number of nitrogens with zero attached hydrogens (tertiary/aromatic N) is 2. The number of piperazine rings is 1. The van der Waals surface area contributed by atoms with Gasteiger partial charge in [0.1, 0.15) is 0 Å². The van der Waals surface area contributed by atoms with Crippen molar-refractivity contribution in [2.24, 2.45) is 0 Å². The third kappa shape index (κ3) is 3.20. The van der Waals surface area contributed by atoms with Crippen LogP contribution in [0.5, 0.6) is 0 Å². The van der Waals surface area contributed by atoms with Crippen LogP contribution in [0.2, 0.25) is 0 Å². The molecule has 0 radical (unpaired) electrons. The number of benzene rings is 2. The predicted molar refractivity (Wildman–Crippen MR) is 92.3 cm³/mol. The van der Waals surface area contributed by atoms with Crippen LogP contribution in [-0.4, -0.2) is 49.7 Å². The summed E-state index contributed by atoms with van der Waals surface area (Å²) in [6.45, 7) is 3.34. The molecule has 24 heavy (non-hydrogen) atoms. The Morgan fingerprint density at radius 3 is 2.08 bits per heavy atom. The van der Waals surface area contributed by atoms with E-state index in [0.29, 0.717) is 36.6 Å². The summed E-state index contributed by atoms with van der Waals surface area (Å²) < 4.78 is 26.7. The van der Waals surface area contributed by atoms with Gasteiger partial charge in [0, 0.05) is 31.7 Å². The van der Waals surface area contributed by atoms with Crippen molar-refractivity contribution in [2.45, 2.75) is 11.8 Å². The molecule has 5 nitrogen and oxygen atoms in total. The van der Waals surface area contributed by atoms with Gasteiger partial charge in [-0.3, -0.25) is 4.79 Å². The van der Waals surface area contributed by atoms with Crippen molar-refractivity contribution in [3.05, 3.63) is 65.7 Å². The van der Waals surface area contributed by atoms with Crippen molar-refractivity contribution in [1.29, 1.82) is 0 Å². The maximum Gasteiger partial charge on any atom is 0.254 e. The molecule has 0 aromatic heterocycles. The van der Waals surface area contributed by atoms with E-state index in [0.717, 1.165) is 5.56 Å². The minimum Gasteiger partial charge on any atom is -0.336 e. The molecule has 0 bridgehead atoms. The van der Waals surface area contributed by atoms with Crippen molar-refractivity contribution in [3.63, 3.8) is 0 Å². The minimum atomic E-state index is -3.49. The van der Waals surface area contributed by atoms with Crippen molar-refractivity contribution in [1.82, 2.24) is 9.21 Å². The zero-order valence-corrected chi connectivity index (χ0v) is 14.4. The summed E-state index contributed by atoms with van der Waals surface area (Å²) >= 11 is 0. The Bertz CT molecular complexity index is 826. The second kappa shape index (κ2) is 6.75. The van der Waals surface area contributed by atoms with Crippen molar-refractivity contribution >= 4 is 15.9 Å². The highest BCUT2D eigenvalue weighted by Crippen LogP contribution is 2.19. The van der Waals surface area contributed by atoms with Gasteiger partial charge in [0.05, 0.1) is 4.90 Å². The number of hydrogen-bond acceptors (Lipinski definition) is 3. The molecule has 3 rings (SSSR count). The Labute approximate surface area is 142 Å². The lowest BCUT2D eigenvalue weighted by Crippen LogP contribution is -2.50. The number of rotatable bonds is 3. The Morgan fingerprint density at radius 1 is 0.875 bits per heavy atom. The molecule has 126 valence electrons. The Balaban J connectivity index is 1.70. The van der Waals surface area contributed by atoms with Gasteiger partial charge in [-0.15, -0.1) is 0 Å². The second-order valence-electron chi connectivity index (χ2n) is 5.82. The van der Waals surface area contributed by atoms with E-state index in [1.807, 2.05) is 31.2 Å². The maximum absolute atomic E-state index is 12.6. The lowest BCUT2D eigenvalue weighted by Gasteiger charge is -2.34.